The van der Waals surface area contributed by atoms with Gasteiger partial charge >= 0.3 is 0 Å². The maximum atomic E-state index is 14.0. The van der Waals surface area contributed by atoms with Crippen LogP contribution in [0.4, 0.5) is 15.9 Å². The fourth-order valence-corrected chi connectivity index (χ4v) is 3.95. The number of nitrogen functional groups attached to an aromatic ring is 1. The predicted molar refractivity (Wildman–Crippen MR) is 108 cm³/mol. The van der Waals surface area contributed by atoms with Gasteiger partial charge in [0.15, 0.2) is 17.3 Å². The average molecular weight is 376 g/mol. The highest BCUT2D eigenvalue weighted by molar-refractivity contribution is 6.00. The average Bonchev–Trinajstić information content (AvgIpc) is 3.12. The number of fused-ring (bicyclic) bond motifs is 4. The first-order valence-electron chi connectivity index (χ1n) is 9.48. The highest BCUT2D eigenvalue weighted by atomic mass is 19.1. The maximum Gasteiger partial charge on any atom is 0.185 e. The van der Waals surface area contributed by atoms with Crippen molar-refractivity contribution in [3.8, 4) is 0 Å². The van der Waals surface area contributed by atoms with E-state index in [9.17, 15) is 4.39 Å². The molecule has 0 amide bonds. The highest BCUT2D eigenvalue weighted by Crippen LogP contribution is 2.32. The van der Waals surface area contributed by atoms with Crippen LogP contribution in [0.2, 0.25) is 0 Å². The summed E-state index contributed by atoms with van der Waals surface area (Å²) in [6.45, 7) is 5.54. The van der Waals surface area contributed by atoms with Crippen molar-refractivity contribution in [2.45, 2.75) is 32.7 Å². The van der Waals surface area contributed by atoms with Gasteiger partial charge in [0.2, 0.25) is 0 Å². The van der Waals surface area contributed by atoms with Crippen LogP contribution in [0.25, 0.3) is 16.4 Å². The molecule has 28 heavy (non-hydrogen) atoms. The van der Waals surface area contributed by atoms with Crippen molar-refractivity contribution in [3.05, 3.63) is 59.2 Å². The molecule has 142 valence electrons. The van der Waals surface area contributed by atoms with Crippen LogP contribution in [0.1, 0.15) is 36.7 Å². The molecule has 0 radical (unpaired) electrons. The molecular formula is C21H21FN6. The van der Waals surface area contributed by atoms with Gasteiger partial charge in [-0.05, 0) is 29.7 Å². The molecule has 2 aromatic heterocycles. The third kappa shape index (κ3) is 2.50. The number of rotatable bonds is 2. The van der Waals surface area contributed by atoms with Crippen LogP contribution in [-0.4, -0.2) is 26.4 Å². The second kappa shape index (κ2) is 6.15. The van der Waals surface area contributed by atoms with E-state index in [1.54, 1.807) is 12.1 Å². The lowest BCUT2D eigenvalue weighted by atomic mass is 9.98. The van der Waals surface area contributed by atoms with Crippen molar-refractivity contribution in [1.82, 2.24) is 19.8 Å². The Bertz CT molecular complexity index is 1210. The standard InChI is InChI=1S/C21H21FN6/c1-12(2)19-24-25-20-15-5-3-4-6-16(15)21(26-28(19)20)27-8-7-13-10-18(23)17(22)9-14(13)11-27/h3-6,9-10,12H,7-8,11,23H2,1-2H3. The second-order valence-corrected chi connectivity index (χ2v) is 7.63. The molecule has 1 aliphatic rings. The topological polar surface area (TPSA) is 72.3 Å². The number of hydrogen-bond donors (Lipinski definition) is 1. The van der Waals surface area contributed by atoms with Gasteiger partial charge < -0.3 is 10.6 Å². The maximum absolute atomic E-state index is 14.0. The first kappa shape index (κ1) is 16.9. The molecule has 0 aliphatic carbocycles. The van der Waals surface area contributed by atoms with Gasteiger partial charge in [-0.25, -0.2) is 4.39 Å². The van der Waals surface area contributed by atoms with Crippen LogP contribution < -0.4 is 10.6 Å². The molecule has 0 saturated carbocycles. The van der Waals surface area contributed by atoms with Gasteiger partial charge in [0.1, 0.15) is 5.82 Å². The first-order valence-corrected chi connectivity index (χ1v) is 9.48. The number of hydrogen-bond acceptors (Lipinski definition) is 5. The number of anilines is 2. The van der Waals surface area contributed by atoms with E-state index < -0.39 is 0 Å². The number of aromatic nitrogens is 4. The van der Waals surface area contributed by atoms with Gasteiger partial charge in [0.25, 0.3) is 0 Å². The minimum atomic E-state index is -0.366. The van der Waals surface area contributed by atoms with Crippen LogP contribution >= 0.6 is 0 Å². The van der Waals surface area contributed by atoms with E-state index in [4.69, 9.17) is 10.8 Å². The molecule has 4 aromatic rings. The molecule has 2 aromatic carbocycles. The van der Waals surface area contributed by atoms with Gasteiger partial charge in [-0.2, -0.15) is 4.52 Å². The summed E-state index contributed by atoms with van der Waals surface area (Å²) >= 11 is 0. The Morgan fingerprint density at radius 2 is 1.86 bits per heavy atom. The van der Waals surface area contributed by atoms with Crippen LogP contribution in [0.15, 0.2) is 36.4 Å². The van der Waals surface area contributed by atoms with E-state index in [1.165, 1.54) is 0 Å². The van der Waals surface area contributed by atoms with Gasteiger partial charge in [-0.3, -0.25) is 0 Å². The summed E-state index contributed by atoms with van der Waals surface area (Å²) in [4.78, 5) is 2.20. The van der Waals surface area contributed by atoms with E-state index >= 15 is 0 Å². The van der Waals surface area contributed by atoms with Crippen molar-refractivity contribution >= 4 is 27.9 Å². The summed E-state index contributed by atoms with van der Waals surface area (Å²) in [6.07, 6.45) is 0.799. The molecule has 0 saturated heterocycles. The van der Waals surface area contributed by atoms with Gasteiger partial charge in [0, 0.05) is 29.8 Å². The van der Waals surface area contributed by atoms with E-state index in [1.807, 2.05) is 22.7 Å². The zero-order valence-corrected chi connectivity index (χ0v) is 15.9. The Morgan fingerprint density at radius 3 is 2.64 bits per heavy atom. The summed E-state index contributed by atoms with van der Waals surface area (Å²) in [5.74, 6) is 1.54. The summed E-state index contributed by atoms with van der Waals surface area (Å²) < 4.78 is 15.9. The molecule has 3 heterocycles. The largest absolute Gasteiger partial charge is 0.396 e. The van der Waals surface area contributed by atoms with Crippen molar-refractivity contribution in [3.63, 3.8) is 0 Å². The molecule has 5 rings (SSSR count). The molecule has 0 unspecified atom stereocenters. The van der Waals surface area contributed by atoms with E-state index in [2.05, 4.69) is 35.0 Å². The molecule has 0 atom stereocenters. The lowest BCUT2D eigenvalue weighted by Gasteiger charge is -2.31. The number of benzene rings is 2. The lowest BCUT2D eigenvalue weighted by Crippen LogP contribution is -2.32. The zero-order chi connectivity index (χ0) is 19.4. The Hall–Kier alpha value is -3.22. The predicted octanol–water partition coefficient (Wildman–Crippen LogP) is 3.68. The van der Waals surface area contributed by atoms with Crippen molar-refractivity contribution in [2.24, 2.45) is 0 Å². The monoisotopic (exact) mass is 376 g/mol. The third-order valence-corrected chi connectivity index (χ3v) is 5.42. The Kier molecular flexibility index (Phi) is 3.72. The van der Waals surface area contributed by atoms with Gasteiger partial charge in [-0.1, -0.05) is 38.1 Å². The quantitative estimate of drug-likeness (QED) is 0.540. The molecule has 6 nitrogen and oxygen atoms in total. The molecule has 0 bridgehead atoms. The van der Waals surface area contributed by atoms with Crippen LogP contribution in [-0.2, 0) is 13.0 Å². The first-order chi connectivity index (χ1) is 13.5. The normalized spacial score (nSPS) is 14.2. The van der Waals surface area contributed by atoms with E-state index in [0.717, 1.165) is 52.2 Å². The molecule has 2 N–H and O–H groups in total. The zero-order valence-electron chi connectivity index (χ0n) is 15.9. The Labute approximate surface area is 161 Å². The SMILES string of the molecule is CC(C)c1nnc2c3ccccc3c(N3CCc4cc(N)c(F)cc4C3)nn12. The van der Waals surface area contributed by atoms with Crippen molar-refractivity contribution < 1.29 is 4.39 Å². The molecular weight excluding hydrogens is 355 g/mol. The number of halogens is 1. The fraction of sp³-hybridized carbons (Fsp3) is 0.286. The van der Waals surface area contributed by atoms with Gasteiger partial charge in [-0.15, -0.1) is 15.3 Å². The minimum absolute atomic E-state index is 0.204. The fourth-order valence-electron chi connectivity index (χ4n) is 3.95. The molecule has 0 spiro atoms. The Morgan fingerprint density at radius 1 is 1.07 bits per heavy atom. The minimum Gasteiger partial charge on any atom is -0.396 e. The summed E-state index contributed by atoms with van der Waals surface area (Å²) in [7, 11) is 0. The highest BCUT2D eigenvalue weighted by Gasteiger charge is 2.23. The summed E-state index contributed by atoms with van der Waals surface area (Å²) in [5.41, 5.74) is 8.78. The number of nitrogens with two attached hydrogens (primary N) is 1. The summed E-state index contributed by atoms with van der Waals surface area (Å²) in [6, 6.07) is 11.4. The summed E-state index contributed by atoms with van der Waals surface area (Å²) in [5, 5.41) is 15.7. The van der Waals surface area contributed by atoms with Crippen LogP contribution in [0.3, 0.4) is 0 Å². The van der Waals surface area contributed by atoms with Gasteiger partial charge in [0.05, 0.1) is 5.69 Å². The lowest BCUT2D eigenvalue weighted by molar-refractivity contribution is 0.622. The van der Waals surface area contributed by atoms with Crippen LogP contribution in [0, 0.1) is 5.82 Å². The third-order valence-electron chi connectivity index (χ3n) is 5.42. The number of nitrogens with zero attached hydrogens (tertiary/aromatic N) is 5. The van der Waals surface area contributed by atoms with E-state index in [0.29, 0.717) is 6.54 Å². The van der Waals surface area contributed by atoms with Crippen LogP contribution in [0.5, 0.6) is 0 Å². The van der Waals surface area contributed by atoms with E-state index in [-0.39, 0.29) is 17.4 Å². The second-order valence-electron chi connectivity index (χ2n) is 7.63. The van der Waals surface area contributed by atoms with Crippen molar-refractivity contribution in [2.75, 3.05) is 17.2 Å². The van der Waals surface area contributed by atoms with Crippen molar-refractivity contribution in [1.29, 1.82) is 0 Å². The molecule has 7 heteroatoms. The molecule has 0 fully saturated rings. The Balaban J connectivity index is 1.69. The smallest absolute Gasteiger partial charge is 0.185 e. The molecule has 1 aliphatic heterocycles.